The molecule has 0 aliphatic heterocycles. The van der Waals surface area contributed by atoms with Gasteiger partial charge in [0.15, 0.2) is 0 Å². The van der Waals surface area contributed by atoms with Crippen molar-refractivity contribution in [3.63, 3.8) is 0 Å². The highest BCUT2D eigenvalue weighted by Gasteiger charge is 2.09. The van der Waals surface area contributed by atoms with E-state index in [-0.39, 0.29) is 0 Å². The van der Waals surface area contributed by atoms with E-state index in [0.717, 1.165) is 18.7 Å². The molecule has 0 spiro atoms. The van der Waals surface area contributed by atoms with Gasteiger partial charge in [0.2, 0.25) is 5.91 Å². The van der Waals surface area contributed by atoms with Gasteiger partial charge in [0.05, 0.1) is 11.4 Å². The number of benzene rings is 1. The summed E-state index contributed by atoms with van der Waals surface area (Å²) in [5.74, 6) is -0.450. The van der Waals surface area contributed by atoms with Crippen LogP contribution in [0.5, 0.6) is 0 Å². The Hall–Kier alpha value is -2.56. The predicted octanol–water partition coefficient (Wildman–Crippen LogP) is 1.44. The number of likely N-dealkylation sites (N-methyl/N-ethyl adjacent to an activating group) is 1. The number of anilines is 2. The van der Waals surface area contributed by atoms with Gasteiger partial charge in [-0.25, -0.2) is 0 Å². The van der Waals surface area contributed by atoms with Gasteiger partial charge in [-0.15, -0.1) is 0 Å². The molecule has 4 N–H and O–H groups in total. The molecule has 0 saturated heterocycles. The maximum atomic E-state index is 11.2. The van der Waals surface area contributed by atoms with Gasteiger partial charge in [-0.3, -0.25) is 9.78 Å². The maximum Gasteiger partial charge on any atom is 0.248 e. The number of nitrogen functional groups attached to an aromatic ring is 1. The van der Waals surface area contributed by atoms with Gasteiger partial charge in [-0.2, -0.15) is 0 Å². The van der Waals surface area contributed by atoms with E-state index in [1.807, 2.05) is 24.1 Å². The topological polar surface area (TPSA) is 85.2 Å². The van der Waals surface area contributed by atoms with Gasteiger partial charge in [0, 0.05) is 31.5 Å². The predicted molar refractivity (Wildman–Crippen MR) is 80.6 cm³/mol. The summed E-state index contributed by atoms with van der Waals surface area (Å²) in [7, 11) is 1.94. The molecule has 0 radical (unpaired) electrons. The molecule has 1 heterocycles. The molecule has 1 aromatic heterocycles. The number of nitrogens with zero attached hydrogens (tertiary/aromatic N) is 2. The third-order valence-electron chi connectivity index (χ3n) is 3.21. The van der Waals surface area contributed by atoms with Crippen molar-refractivity contribution >= 4 is 17.3 Å². The smallest absolute Gasteiger partial charge is 0.248 e. The zero-order valence-electron chi connectivity index (χ0n) is 11.4. The van der Waals surface area contributed by atoms with Gasteiger partial charge < -0.3 is 16.4 Å². The fraction of sp³-hybridized carbons (Fsp3) is 0.200. The minimum atomic E-state index is -0.450. The van der Waals surface area contributed by atoms with Gasteiger partial charge in [-0.05, 0) is 42.3 Å². The lowest BCUT2D eigenvalue weighted by Gasteiger charge is -2.21. The molecule has 0 unspecified atom stereocenters. The Morgan fingerprint density at radius 1 is 1.25 bits per heavy atom. The number of nitrogens with two attached hydrogens (primary N) is 2. The summed E-state index contributed by atoms with van der Waals surface area (Å²) < 4.78 is 0. The molecule has 5 nitrogen and oxygen atoms in total. The van der Waals surface area contributed by atoms with Gasteiger partial charge in [0.25, 0.3) is 0 Å². The number of carbonyl (C=O) groups is 1. The Morgan fingerprint density at radius 2 is 1.95 bits per heavy atom. The van der Waals surface area contributed by atoms with Crippen molar-refractivity contribution in [1.29, 1.82) is 0 Å². The second-order valence-electron chi connectivity index (χ2n) is 4.66. The normalized spacial score (nSPS) is 10.2. The quantitative estimate of drug-likeness (QED) is 0.805. The van der Waals surface area contributed by atoms with E-state index in [1.165, 1.54) is 5.56 Å². The minimum absolute atomic E-state index is 0.450. The molecule has 0 aliphatic rings. The summed E-state index contributed by atoms with van der Waals surface area (Å²) in [4.78, 5) is 17.2. The van der Waals surface area contributed by atoms with Crippen LogP contribution >= 0.6 is 0 Å². The van der Waals surface area contributed by atoms with Crippen molar-refractivity contribution in [3.8, 4) is 0 Å². The first-order valence-corrected chi connectivity index (χ1v) is 6.37. The second kappa shape index (κ2) is 6.06. The summed E-state index contributed by atoms with van der Waals surface area (Å²) in [6.07, 6.45) is 4.42. The van der Waals surface area contributed by atoms with Crippen LogP contribution in [0.25, 0.3) is 0 Å². The van der Waals surface area contributed by atoms with E-state index in [0.29, 0.717) is 11.3 Å². The molecule has 0 bridgehead atoms. The highest BCUT2D eigenvalue weighted by atomic mass is 16.1. The van der Waals surface area contributed by atoms with Crippen LogP contribution in [0.4, 0.5) is 11.4 Å². The number of primary amides is 1. The Morgan fingerprint density at radius 3 is 2.60 bits per heavy atom. The number of aromatic nitrogens is 1. The molecular weight excluding hydrogens is 252 g/mol. The summed E-state index contributed by atoms with van der Waals surface area (Å²) in [6.45, 7) is 0.788. The van der Waals surface area contributed by atoms with Gasteiger partial charge >= 0.3 is 0 Å². The molecule has 0 saturated carbocycles. The molecule has 104 valence electrons. The monoisotopic (exact) mass is 270 g/mol. The Kier molecular flexibility index (Phi) is 4.20. The maximum absolute atomic E-state index is 11.2. The summed E-state index contributed by atoms with van der Waals surface area (Å²) in [5.41, 5.74) is 14.4. The standard InChI is InChI=1S/C15H18N4O/c1-19(9-6-11-4-7-18-8-5-11)14-10-12(15(17)20)2-3-13(14)16/h2-5,7-8,10H,6,9,16H2,1H3,(H2,17,20). The van der Waals surface area contributed by atoms with Crippen LogP contribution in [0, 0.1) is 0 Å². The molecular formula is C15H18N4O. The average Bonchev–Trinajstić information content (AvgIpc) is 2.46. The number of hydrogen-bond donors (Lipinski definition) is 2. The lowest BCUT2D eigenvalue weighted by atomic mass is 10.1. The molecule has 1 aromatic carbocycles. The first-order valence-electron chi connectivity index (χ1n) is 6.37. The van der Waals surface area contributed by atoms with Crippen LogP contribution in [0.3, 0.4) is 0 Å². The molecule has 2 aromatic rings. The van der Waals surface area contributed by atoms with Crippen molar-refractivity contribution < 1.29 is 4.79 Å². The molecule has 2 rings (SSSR count). The minimum Gasteiger partial charge on any atom is -0.397 e. The summed E-state index contributed by atoms with van der Waals surface area (Å²) >= 11 is 0. The number of pyridine rings is 1. The third kappa shape index (κ3) is 3.26. The number of carbonyl (C=O) groups excluding carboxylic acids is 1. The van der Waals surface area contributed by atoms with Crippen molar-refractivity contribution in [2.24, 2.45) is 5.73 Å². The molecule has 0 aliphatic carbocycles. The van der Waals surface area contributed by atoms with Crippen LogP contribution in [0.2, 0.25) is 0 Å². The van der Waals surface area contributed by atoms with Gasteiger partial charge in [-0.1, -0.05) is 0 Å². The average molecular weight is 270 g/mol. The Labute approximate surface area is 118 Å². The van der Waals surface area contributed by atoms with Crippen molar-refractivity contribution in [3.05, 3.63) is 53.9 Å². The highest BCUT2D eigenvalue weighted by Crippen LogP contribution is 2.23. The Balaban J connectivity index is 2.10. The van der Waals surface area contributed by atoms with Crippen molar-refractivity contribution in [2.45, 2.75) is 6.42 Å². The van der Waals surface area contributed by atoms with E-state index in [2.05, 4.69) is 4.98 Å². The van der Waals surface area contributed by atoms with E-state index >= 15 is 0 Å². The Bertz CT molecular complexity index is 598. The lowest BCUT2D eigenvalue weighted by Crippen LogP contribution is -2.22. The number of rotatable bonds is 5. The van der Waals surface area contributed by atoms with Crippen LogP contribution in [0.15, 0.2) is 42.7 Å². The zero-order valence-corrected chi connectivity index (χ0v) is 11.4. The highest BCUT2D eigenvalue weighted by molar-refractivity contribution is 5.95. The van der Waals surface area contributed by atoms with E-state index < -0.39 is 5.91 Å². The molecule has 20 heavy (non-hydrogen) atoms. The van der Waals surface area contributed by atoms with Crippen molar-refractivity contribution in [2.75, 3.05) is 24.2 Å². The third-order valence-corrected chi connectivity index (χ3v) is 3.21. The molecule has 0 atom stereocenters. The van der Waals surface area contributed by atoms with E-state index in [1.54, 1.807) is 30.6 Å². The number of amides is 1. The zero-order chi connectivity index (χ0) is 14.5. The summed E-state index contributed by atoms with van der Waals surface area (Å²) in [6, 6.07) is 9.04. The number of hydrogen-bond acceptors (Lipinski definition) is 4. The van der Waals surface area contributed by atoms with Crippen LogP contribution in [-0.4, -0.2) is 24.5 Å². The van der Waals surface area contributed by atoms with Crippen LogP contribution < -0.4 is 16.4 Å². The molecule has 1 amide bonds. The molecule has 0 fully saturated rings. The summed E-state index contributed by atoms with van der Waals surface area (Å²) in [5, 5.41) is 0. The fourth-order valence-electron chi connectivity index (χ4n) is 1.99. The molecule has 5 heteroatoms. The fourth-order valence-corrected chi connectivity index (χ4v) is 1.99. The van der Waals surface area contributed by atoms with E-state index in [9.17, 15) is 4.79 Å². The van der Waals surface area contributed by atoms with Gasteiger partial charge in [0.1, 0.15) is 0 Å². The van der Waals surface area contributed by atoms with E-state index in [4.69, 9.17) is 11.5 Å². The van der Waals surface area contributed by atoms with Crippen LogP contribution in [-0.2, 0) is 6.42 Å². The SMILES string of the molecule is CN(CCc1ccncc1)c1cc(C(N)=O)ccc1N. The first-order chi connectivity index (χ1) is 9.58. The largest absolute Gasteiger partial charge is 0.397 e. The van der Waals surface area contributed by atoms with Crippen molar-refractivity contribution in [1.82, 2.24) is 4.98 Å². The van der Waals surface area contributed by atoms with Crippen LogP contribution in [0.1, 0.15) is 15.9 Å². The second-order valence-corrected chi connectivity index (χ2v) is 4.66. The lowest BCUT2D eigenvalue weighted by molar-refractivity contribution is 0.100. The first kappa shape index (κ1) is 13.9.